The number of rotatable bonds is 3. The summed E-state index contributed by atoms with van der Waals surface area (Å²) in [5.74, 6) is 0. The Morgan fingerprint density at radius 2 is 1.55 bits per heavy atom. The van der Waals surface area contributed by atoms with E-state index < -0.39 is 9.86 Å². The van der Waals surface area contributed by atoms with Crippen molar-refractivity contribution in [3.8, 4) is 5.69 Å². The Hall–Kier alpha value is -1.69. The van der Waals surface area contributed by atoms with E-state index in [1.807, 2.05) is 6.07 Å². The highest BCUT2D eigenvalue weighted by Gasteiger charge is 2.16. The third kappa shape index (κ3) is 2.67. The molecular formula is C15H10Cl2N2O2S. The number of benzene rings is 2. The van der Waals surface area contributed by atoms with E-state index in [9.17, 15) is 9.59 Å². The third-order valence-corrected chi connectivity index (χ3v) is 4.32. The molecule has 2 aromatic carbocycles. The lowest BCUT2D eigenvalue weighted by molar-refractivity contribution is 0.880. The Kier molecular flexibility index (Phi) is 4.29. The fourth-order valence-electron chi connectivity index (χ4n) is 2.22. The molecule has 1 heterocycles. The zero-order valence-corrected chi connectivity index (χ0v) is 13.5. The summed E-state index contributed by atoms with van der Waals surface area (Å²) >= 11 is 12.6. The maximum Gasteiger partial charge on any atom is 0.346 e. The van der Waals surface area contributed by atoms with Crippen LogP contribution < -0.4 is 11.2 Å². The lowest BCUT2D eigenvalue weighted by atomic mass is 10.2. The summed E-state index contributed by atoms with van der Waals surface area (Å²) in [5, 5.41) is 0.424. The van der Waals surface area contributed by atoms with Crippen molar-refractivity contribution in [1.29, 1.82) is 0 Å². The van der Waals surface area contributed by atoms with E-state index >= 15 is 0 Å². The van der Waals surface area contributed by atoms with Crippen LogP contribution in [0.15, 0.2) is 64.2 Å². The first-order chi connectivity index (χ1) is 10.6. The maximum absolute atomic E-state index is 12.7. The van der Waals surface area contributed by atoms with Crippen molar-refractivity contribution in [2.24, 2.45) is 0 Å². The summed E-state index contributed by atoms with van der Waals surface area (Å²) < 4.78 is 1.63. The minimum Gasteiger partial charge on any atom is -0.268 e. The van der Waals surface area contributed by atoms with Crippen molar-refractivity contribution in [2.75, 3.05) is 0 Å². The predicted octanol–water partition coefficient (Wildman–Crippen LogP) is 3.41. The normalized spacial score (nSPS) is 11.2. The van der Waals surface area contributed by atoms with Gasteiger partial charge < -0.3 is 0 Å². The number of para-hydroxylation sites is 2. The third-order valence-electron chi connectivity index (χ3n) is 3.12. The maximum atomic E-state index is 12.7. The van der Waals surface area contributed by atoms with Gasteiger partial charge in [-0.05, 0) is 36.2 Å². The van der Waals surface area contributed by atoms with E-state index in [2.05, 4.69) is 0 Å². The molecule has 7 heteroatoms. The van der Waals surface area contributed by atoms with Gasteiger partial charge in [-0.25, -0.2) is 13.3 Å². The number of nitrogens with zero attached hydrogens (tertiary/aromatic N) is 2. The van der Waals surface area contributed by atoms with Gasteiger partial charge in [0.1, 0.15) is 0 Å². The van der Waals surface area contributed by atoms with Gasteiger partial charge in [0.15, 0.2) is 4.17 Å². The minimum atomic E-state index is -0.831. The van der Waals surface area contributed by atoms with Crippen LogP contribution in [0.5, 0.6) is 0 Å². The Labute approximate surface area is 140 Å². The molecule has 0 saturated carbocycles. The Balaban J connectivity index is 2.44. The van der Waals surface area contributed by atoms with Crippen LogP contribution in [0.25, 0.3) is 16.6 Å². The zero-order valence-electron chi connectivity index (χ0n) is 11.1. The van der Waals surface area contributed by atoms with Crippen molar-refractivity contribution in [3.05, 3.63) is 75.4 Å². The highest BCUT2D eigenvalue weighted by atomic mass is 35.5. The minimum absolute atomic E-state index is 0.371. The van der Waals surface area contributed by atoms with Crippen molar-refractivity contribution in [1.82, 2.24) is 8.54 Å². The second-order valence-electron chi connectivity index (χ2n) is 4.44. The molecule has 3 rings (SSSR count). The monoisotopic (exact) mass is 352 g/mol. The number of fused-ring (bicyclic) bond motifs is 1. The summed E-state index contributed by atoms with van der Waals surface area (Å²) in [5.41, 5.74) is 0.120. The number of aromatic nitrogens is 2. The number of halogens is 2. The molecule has 0 atom stereocenters. The number of hydrogen-bond acceptors (Lipinski definition) is 3. The van der Waals surface area contributed by atoms with Crippen LogP contribution in [0.4, 0.5) is 0 Å². The first-order valence-corrected chi connectivity index (χ1v) is 8.08. The largest absolute Gasteiger partial charge is 0.346 e. The zero-order chi connectivity index (χ0) is 15.7. The molecule has 0 aliphatic rings. The predicted molar refractivity (Wildman–Crippen MR) is 92.3 cm³/mol. The highest BCUT2D eigenvalue weighted by molar-refractivity contribution is 8.01. The lowest BCUT2D eigenvalue weighted by Crippen LogP contribution is -2.37. The summed E-state index contributed by atoms with van der Waals surface area (Å²) in [6, 6.07) is 15.6. The van der Waals surface area contributed by atoms with Crippen LogP contribution in [0.1, 0.15) is 0 Å². The molecule has 3 aromatic rings. The second-order valence-corrected chi connectivity index (χ2v) is 7.10. The van der Waals surface area contributed by atoms with Gasteiger partial charge in [-0.3, -0.25) is 4.79 Å². The molecule has 112 valence electrons. The van der Waals surface area contributed by atoms with Crippen molar-refractivity contribution < 1.29 is 0 Å². The van der Waals surface area contributed by atoms with Gasteiger partial charge in [-0.15, -0.1) is 0 Å². The molecule has 0 N–H and O–H groups in total. The highest BCUT2D eigenvalue weighted by Crippen LogP contribution is 2.23. The van der Waals surface area contributed by atoms with Gasteiger partial charge in [0, 0.05) is 0 Å². The van der Waals surface area contributed by atoms with E-state index in [-0.39, 0.29) is 5.56 Å². The summed E-state index contributed by atoms with van der Waals surface area (Å²) in [4.78, 5) is 25.4. The Morgan fingerprint density at radius 3 is 2.23 bits per heavy atom. The van der Waals surface area contributed by atoms with Gasteiger partial charge in [0.2, 0.25) is 0 Å². The Morgan fingerprint density at radius 1 is 0.909 bits per heavy atom. The second kappa shape index (κ2) is 6.20. The van der Waals surface area contributed by atoms with Crippen molar-refractivity contribution in [3.63, 3.8) is 0 Å². The standard InChI is InChI=1S/C15H10Cl2N2O2S/c16-14(17)22-19-12-9-5-4-8-11(12)13(20)18(15(19)21)10-6-2-1-3-7-10/h1-9,14H. The average molecular weight is 353 g/mol. The van der Waals surface area contributed by atoms with Gasteiger partial charge in [0.05, 0.1) is 16.6 Å². The molecule has 0 radical (unpaired) electrons. The number of hydrogen-bond donors (Lipinski definition) is 0. The van der Waals surface area contributed by atoms with Crippen LogP contribution in [-0.2, 0) is 0 Å². The molecule has 0 saturated heterocycles. The fourth-order valence-corrected chi connectivity index (χ4v) is 3.30. The molecule has 0 bridgehead atoms. The molecule has 0 fully saturated rings. The first kappa shape index (κ1) is 15.2. The molecule has 0 unspecified atom stereocenters. The van der Waals surface area contributed by atoms with Gasteiger partial charge in [-0.1, -0.05) is 53.5 Å². The van der Waals surface area contributed by atoms with Crippen molar-refractivity contribution >= 4 is 46.1 Å². The van der Waals surface area contributed by atoms with Gasteiger partial charge in [-0.2, -0.15) is 0 Å². The SMILES string of the molecule is O=c1c2ccccc2n(SC(Cl)Cl)c(=O)n1-c1ccccc1. The fraction of sp³-hybridized carbons (Fsp3) is 0.0667. The Bertz CT molecular complexity index is 936. The van der Waals surface area contributed by atoms with Gasteiger partial charge >= 0.3 is 5.69 Å². The van der Waals surface area contributed by atoms with Crippen molar-refractivity contribution in [2.45, 2.75) is 4.17 Å². The summed E-state index contributed by atoms with van der Waals surface area (Å²) in [6.07, 6.45) is 0. The topological polar surface area (TPSA) is 44.0 Å². The quantitative estimate of drug-likeness (QED) is 0.678. The summed E-state index contributed by atoms with van der Waals surface area (Å²) in [6.45, 7) is 0. The van der Waals surface area contributed by atoms with E-state index in [1.165, 1.54) is 3.97 Å². The average Bonchev–Trinajstić information content (AvgIpc) is 2.52. The molecule has 0 spiro atoms. The molecule has 0 aliphatic heterocycles. The van der Waals surface area contributed by atoms with Crippen LogP contribution in [0.2, 0.25) is 0 Å². The molecule has 4 nitrogen and oxygen atoms in total. The lowest BCUT2D eigenvalue weighted by Gasteiger charge is -2.13. The molecule has 0 amide bonds. The smallest absolute Gasteiger partial charge is 0.268 e. The summed E-state index contributed by atoms with van der Waals surface area (Å²) in [7, 11) is 0. The van der Waals surface area contributed by atoms with Crippen LogP contribution >= 0.6 is 35.1 Å². The van der Waals surface area contributed by atoms with E-state index in [0.717, 1.165) is 16.5 Å². The molecule has 1 aromatic heterocycles. The van der Waals surface area contributed by atoms with E-state index in [1.54, 1.807) is 48.5 Å². The van der Waals surface area contributed by atoms with E-state index in [0.29, 0.717) is 16.6 Å². The molecular weight excluding hydrogens is 343 g/mol. The van der Waals surface area contributed by atoms with E-state index in [4.69, 9.17) is 23.2 Å². The van der Waals surface area contributed by atoms with Gasteiger partial charge in [0.25, 0.3) is 5.56 Å². The van der Waals surface area contributed by atoms with Crippen LogP contribution in [-0.4, -0.2) is 12.7 Å². The van der Waals surface area contributed by atoms with Crippen LogP contribution in [0.3, 0.4) is 0 Å². The molecule has 22 heavy (non-hydrogen) atoms. The number of alkyl halides is 2. The first-order valence-electron chi connectivity index (χ1n) is 6.37. The molecule has 0 aliphatic carbocycles. The van der Waals surface area contributed by atoms with Crippen LogP contribution in [0, 0.1) is 0 Å².